The van der Waals surface area contributed by atoms with E-state index >= 15 is 0 Å². The lowest BCUT2D eigenvalue weighted by Gasteiger charge is -2.19. The SMILES string of the molecule is CC(C)(C)c1ccc(-c2cc(N)ccc2O)cc1.Cl. The second kappa shape index (κ2) is 5.54. The minimum atomic E-state index is 0. The van der Waals surface area contributed by atoms with Crippen molar-refractivity contribution < 1.29 is 5.11 Å². The van der Waals surface area contributed by atoms with E-state index in [2.05, 4.69) is 32.9 Å². The van der Waals surface area contributed by atoms with Crippen LogP contribution in [0.1, 0.15) is 26.3 Å². The number of phenolic OH excluding ortho intramolecular Hbond substituents is 1. The Labute approximate surface area is 120 Å². The first-order valence-corrected chi connectivity index (χ1v) is 6.07. The van der Waals surface area contributed by atoms with Crippen molar-refractivity contribution in [3.8, 4) is 16.9 Å². The number of aromatic hydroxyl groups is 1. The molecule has 0 amide bonds. The number of anilines is 1. The van der Waals surface area contributed by atoms with Crippen LogP contribution in [0.3, 0.4) is 0 Å². The first kappa shape index (κ1) is 15.4. The minimum Gasteiger partial charge on any atom is -0.507 e. The second-order valence-electron chi connectivity index (χ2n) is 5.60. The zero-order valence-electron chi connectivity index (χ0n) is 11.5. The average Bonchev–Trinajstić information content (AvgIpc) is 2.31. The highest BCUT2D eigenvalue weighted by Gasteiger charge is 2.13. The van der Waals surface area contributed by atoms with Crippen LogP contribution in [0, 0.1) is 0 Å². The lowest BCUT2D eigenvalue weighted by atomic mass is 9.86. The van der Waals surface area contributed by atoms with Gasteiger partial charge in [0.25, 0.3) is 0 Å². The number of nitrogens with two attached hydrogens (primary N) is 1. The highest BCUT2D eigenvalue weighted by Crippen LogP contribution is 2.32. The van der Waals surface area contributed by atoms with Crippen molar-refractivity contribution in [2.45, 2.75) is 26.2 Å². The number of hydrogen-bond acceptors (Lipinski definition) is 2. The van der Waals surface area contributed by atoms with Crippen molar-refractivity contribution in [3.05, 3.63) is 48.0 Å². The lowest BCUT2D eigenvalue weighted by Crippen LogP contribution is -2.10. The van der Waals surface area contributed by atoms with Crippen LogP contribution < -0.4 is 5.73 Å². The Hall–Kier alpha value is -1.67. The van der Waals surface area contributed by atoms with E-state index in [1.165, 1.54) is 5.56 Å². The van der Waals surface area contributed by atoms with Gasteiger partial charge in [0.1, 0.15) is 5.75 Å². The van der Waals surface area contributed by atoms with Gasteiger partial charge in [-0.15, -0.1) is 12.4 Å². The standard InChI is InChI=1S/C16H19NO.ClH/c1-16(2,3)12-6-4-11(5-7-12)14-10-13(17)8-9-15(14)18;/h4-10,18H,17H2,1-3H3;1H. The van der Waals surface area contributed by atoms with Gasteiger partial charge in [-0.05, 0) is 34.7 Å². The van der Waals surface area contributed by atoms with E-state index < -0.39 is 0 Å². The molecule has 0 aliphatic carbocycles. The quantitative estimate of drug-likeness (QED) is 0.601. The molecule has 2 aromatic carbocycles. The van der Waals surface area contributed by atoms with Crippen LogP contribution in [0.25, 0.3) is 11.1 Å². The Bertz CT molecular complexity index is 556. The summed E-state index contributed by atoms with van der Waals surface area (Å²) in [6, 6.07) is 13.4. The molecule has 0 atom stereocenters. The van der Waals surface area contributed by atoms with Crippen LogP contribution in [-0.2, 0) is 5.41 Å². The number of rotatable bonds is 1. The third-order valence-corrected chi connectivity index (χ3v) is 3.08. The predicted octanol–water partition coefficient (Wildman–Crippen LogP) is 4.36. The van der Waals surface area contributed by atoms with E-state index in [1.807, 2.05) is 12.1 Å². The maximum atomic E-state index is 9.86. The lowest BCUT2D eigenvalue weighted by molar-refractivity contribution is 0.477. The Morgan fingerprint density at radius 2 is 1.53 bits per heavy atom. The molecule has 102 valence electrons. The summed E-state index contributed by atoms with van der Waals surface area (Å²) in [6.45, 7) is 6.54. The van der Waals surface area contributed by atoms with Crippen LogP contribution in [0.5, 0.6) is 5.75 Å². The number of benzene rings is 2. The fraction of sp³-hybridized carbons (Fsp3) is 0.250. The summed E-state index contributed by atoms with van der Waals surface area (Å²) in [5.74, 6) is 0.257. The number of nitrogen functional groups attached to an aromatic ring is 1. The molecule has 0 heterocycles. The predicted molar refractivity (Wildman–Crippen MR) is 83.9 cm³/mol. The van der Waals surface area contributed by atoms with E-state index in [0.717, 1.165) is 11.1 Å². The van der Waals surface area contributed by atoms with Gasteiger partial charge in [-0.1, -0.05) is 45.0 Å². The van der Waals surface area contributed by atoms with Gasteiger partial charge in [-0.3, -0.25) is 0 Å². The van der Waals surface area contributed by atoms with Gasteiger partial charge < -0.3 is 10.8 Å². The first-order valence-electron chi connectivity index (χ1n) is 6.07. The smallest absolute Gasteiger partial charge is 0.123 e. The van der Waals surface area contributed by atoms with Gasteiger partial charge in [0.2, 0.25) is 0 Å². The largest absolute Gasteiger partial charge is 0.507 e. The Morgan fingerprint density at radius 3 is 2.05 bits per heavy atom. The van der Waals surface area contributed by atoms with Gasteiger partial charge in [0.05, 0.1) is 0 Å². The molecule has 0 unspecified atom stereocenters. The average molecular weight is 278 g/mol. The molecule has 0 aromatic heterocycles. The van der Waals surface area contributed by atoms with Gasteiger partial charge in [0.15, 0.2) is 0 Å². The number of halogens is 1. The summed E-state index contributed by atoms with van der Waals surface area (Å²) in [6.07, 6.45) is 0. The van der Waals surface area contributed by atoms with Crippen LogP contribution in [0.15, 0.2) is 42.5 Å². The van der Waals surface area contributed by atoms with Gasteiger partial charge in [0, 0.05) is 11.3 Å². The number of phenols is 1. The van der Waals surface area contributed by atoms with Gasteiger partial charge >= 0.3 is 0 Å². The van der Waals surface area contributed by atoms with Crippen molar-refractivity contribution in [3.63, 3.8) is 0 Å². The number of hydrogen-bond donors (Lipinski definition) is 2. The maximum Gasteiger partial charge on any atom is 0.123 e. The highest BCUT2D eigenvalue weighted by molar-refractivity contribution is 5.85. The third kappa shape index (κ3) is 3.42. The fourth-order valence-corrected chi connectivity index (χ4v) is 1.93. The van der Waals surface area contributed by atoms with E-state index in [1.54, 1.807) is 18.2 Å². The normalized spacial score (nSPS) is 10.9. The monoisotopic (exact) mass is 277 g/mol. The van der Waals surface area contributed by atoms with Crippen molar-refractivity contribution in [1.82, 2.24) is 0 Å². The van der Waals surface area contributed by atoms with Crippen molar-refractivity contribution in [1.29, 1.82) is 0 Å². The Morgan fingerprint density at radius 1 is 0.947 bits per heavy atom. The molecule has 19 heavy (non-hydrogen) atoms. The van der Waals surface area contributed by atoms with Crippen LogP contribution >= 0.6 is 12.4 Å². The molecule has 0 fully saturated rings. The molecule has 0 radical (unpaired) electrons. The van der Waals surface area contributed by atoms with Gasteiger partial charge in [-0.2, -0.15) is 0 Å². The van der Waals surface area contributed by atoms with Crippen molar-refractivity contribution in [2.24, 2.45) is 0 Å². The summed E-state index contributed by atoms with van der Waals surface area (Å²) in [5, 5.41) is 9.86. The maximum absolute atomic E-state index is 9.86. The fourth-order valence-electron chi connectivity index (χ4n) is 1.93. The summed E-state index contributed by atoms with van der Waals surface area (Å²) < 4.78 is 0. The zero-order chi connectivity index (χ0) is 13.3. The van der Waals surface area contributed by atoms with E-state index in [-0.39, 0.29) is 23.6 Å². The summed E-state index contributed by atoms with van der Waals surface area (Å²) >= 11 is 0. The van der Waals surface area contributed by atoms with Gasteiger partial charge in [-0.25, -0.2) is 0 Å². The molecular formula is C16H20ClNO. The highest BCUT2D eigenvalue weighted by atomic mass is 35.5. The second-order valence-corrected chi connectivity index (χ2v) is 5.60. The topological polar surface area (TPSA) is 46.2 Å². The zero-order valence-corrected chi connectivity index (χ0v) is 12.3. The summed E-state index contributed by atoms with van der Waals surface area (Å²) in [4.78, 5) is 0. The molecular weight excluding hydrogens is 258 g/mol. The van der Waals surface area contributed by atoms with E-state index in [0.29, 0.717) is 5.69 Å². The van der Waals surface area contributed by atoms with Crippen molar-refractivity contribution in [2.75, 3.05) is 5.73 Å². The minimum absolute atomic E-state index is 0. The molecule has 2 rings (SSSR count). The van der Waals surface area contributed by atoms with E-state index in [4.69, 9.17) is 5.73 Å². The Balaban J connectivity index is 0.00000180. The molecule has 0 aliphatic heterocycles. The molecule has 0 bridgehead atoms. The van der Waals surface area contributed by atoms with Crippen molar-refractivity contribution >= 4 is 18.1 Å². The first-order chi connectivity index (χ1) is 8.38. The molecule has 3 N–H and O–H groups in total. The molecule has 0 aliphatic rings. The molecule has 0 saturated heterocycles. The molecule has 0 saturated carbocycles. The van der Waals surface area contributed by atoms with Crippen LogP contribution in [0.2, 0.25) is 0 Å². The van der Waals surface area contributed by atoms with E-state index in [9.17, 15) is 5.11 Å². The van der Waals surface area contributed by atoms with Crippen LogP contribution in [0.4, 0.5) is 5.69 Å². The molecule has 0 spiro atoms. The van der Waals surface area contributed by atoms with Crippen LogP contribution in [-0.4, -0.2) is 5.11 Å². The molecule has 3 heteroatoms. The summed E-state index contributed by atoms with van der Waals surface area (Å²) in [5.41, 5.74) is 9.57. The molecule has 2 aromatic rings. The third-order valence-electron chi connectivity index (χ3n) is 3.08. The molecule has 2 nitrogen and oxygen atoms in total. The Kier molecular flexibility index (Phi) is 4.48. The summed E-state index contributed by atoms with van der Waals surface area (Å²) in [7, 11) is 0.